The largest absolute Gasteiger partial charge is 0.466 e. The molecular formula is C12H19N3O3. The third-order valence-electron chi connectivity index (χ3n) is 3.22. The topological polar surface area (TPSA) is 95.3 Å². The maximum atomic E-state index is 11.5. The van der Waals surface area contributed by atoms with Crippen molar-refractivity contribution in [2.24, 2.45) is 11.0 Å². The lowest BCUT2D eigenvalue weighted by Crippen LogP contribution is -2.36. The maximum Gasteiger partial charge on any atom is 0.333 e. The van der Waals surface area contributed by atoms with Crippen molar-refractivity contribution in [2.45, 2.75) is 44.8 Å². The number of aliphatic hydroxyl groups excluding tert-OH is 1. The van der Waals surface area contributed by atoms with E-state index in [0.717, 1.165) is 19.3 Å². The fraction of sp³-hybridized carbons (Fsp3) is 0.750. The zero-order valence-corrected chi connectivity index (χ0v) is 10.7. The molecule has 0 aromatic carbocycles. The van der Waals surface area contributed by atoms with E-state index in [1.165, 1.54) is 7.11 Å². The van der Waals surface area contributed by atoms with Crippen LogP contribution in [0.25, 0.3) is 10.4 Å². The molecule has 0 saturated carbocycles. The van der Waals surface area contributed by atoms with Crippen LogP contribution in [-0.2, 0) is 9.53 Å². The number of ether oxygens (including phenoxy) is 1. The smallest absolute Gasteiger partial charge is 0.333 e. The maximum absolute atomic E-state index is 11.5. The minimum atomic E-state index is -0.721. The molecule has 6 heteroatoms. The number of rotatable bonds is 5. The predicted molar refractivity (Wildman–Crippen MR) is 66.7 cm³/mol. The number of carbonyl (C=O) groups is 1. The Hall–Kier alpha value is -1.52. The normalized spacial score (nSPS) is 27.1. The Balaban J connectivity index is 2.90. The van der Waals surface area contributed by atoms with Crippen LogP contribution in [0.15, 0.2) is 16.8 Å². The summed E-state index contributed by atoms with van der Waals surface area (Å²) in [5.74, 6) is -0.565. The molecule has 0 saturated heterocycles. The molecule has 100 valence electrons. The Morgan fingerprint density at radius 1 is 1.72 bits per heavy atom. The Labute approximate surface area is 106 Å². The van der Waals surface area contributed by atoms with E-state index in [2.05, 4.69) is 21.7 Å². The van der Waals surface area contributed by atoms with Gasteiger partial charge in [-0.1, -0.05) is 31.0 Å². The van der Waals surface area contributed by atoms with Gasteiger partial charge in [-0.25, -0.2) is 4.79 Å². The molecule has 0 radical (unpaired) electrons. The zero-order valence-electron chi connectivity index (χ0n) is 10.7. The van der Waals surface area contributed by atoms with Gasteiger partial charge in [0.05, 0.1) is 19.3 Å². The Bertz CT molecular complexity index is 375. The minimum Gasteiger partial charge on any atom is -0.466 e. The highest BCUT2D eigenvalue weighted by Crippen LogP contribution is 2.30. The SMILES string of the molecule is CCCC[C@@H]1C=C(C(=O)OC)CC(N=[N+]=[N-])[C@@H]1O. The van der Waals surface area contributed by atoms with Crippen LogP contribution in [0.4, 0.5) is 0 Å². The summed E-state index contributed by atoms with van der Waals surface area (Å²) in [6, 6.07) is -0.587. The van der Waals surface area contributed by atoms with E-state index in [4.69, 9.17) is 5.53 Å². The summed E-state index contributed by atoms with van der Waals surface area (Å²) in [5.41, 5.74) is 8.98. The van der Waals surface area contributed by atoms with Crippen molar-refractivity contribution in [1.82, 2.24) is 0 Å². The molecule has 0 spiro atoms. The zero-order chi connectivity index (χ0) is 13.5. The van der Waals surface area contributed by atoms with E-state index in [1.54, 1.807) is 6.08 Å². The van der Waals surface area contributed by atoms with Crippen molar-refractivity contribution in [3.8, 4) is 0 Å². The van der Waals surface area contributed by atoms with Crippen molar-refractivity contribution < 1.29 is 14.6 Å². The first-order chi connectivity index (χ1) is 8.63. The van der Waals surface area contributed by atoms with Gasteiger partial charge in [-0.15, -0.1) is 0 Å². The van der Waals surface area contributed by atoms with E-state index in [-0.39, 0.29) is 12.3 Å². The van der Waals surface area contributed by atoms with Crippen molar-refractivity contribution in [3.63, 3.8) is 0 Å². The predicted octanol–water partition coefficient (Wildman–Crippen LogP) is 2.34. The monoisotopic (exact) mass is 253 g/mol. The molecule has 0 bridgehead atoms. The van der Waals surface area contributed by atoms with Crippen molar-refractivity contribution in [3.05, 3.63) is 22.1 Å². The van der Waals surface area contributed by atoms with Crippen LogP contribution in [0.3, 0.4) is 0 Å². The Kier molecular flexibility index (Phi) is 5.68. The first-order valence-corrected chi connectivity index (χ1v) is 6.15. The summed E-state index contributed by atoms with van der Waals surface area (Å²) in [6.07, 6.45) is 4.01. The van der Waals surface area contributed by atoms with Crippen LogP contribution in [-0.4, -0.2) is 30.3 Å². The van der Waals surface area contributed by atoms with Gasteiger partial charge in [-0.3, -0.25) is 0 Å². The number of esters is 1. The van der Waals surface area contributed by atoms with Crippen molar-refractivity contribution in [2.75, 3.05) is 7.11 Å². The average Bonchev–Trinajstić information content (AvgIpc) is 2.39. The van der Waals surface area contributed by atoms with Gasteiger partial charge in [-0.2, -0.15) is 0 Å². The lowest BCUT2D eigenvalue weighted by molar-refractivity contribution is -0.136. The van der Waals surface area contributed by atoms with Crippen LogP contribution in [0, 0.1) is 5.92 Å². The fourth-order valence-electron chi connectivity index (χ4n) is 2.21. The number of nitrogens with zero attached hydrogens (tertiary/aromatic N) is 3. The summed E-state index contributed by atoms with van der Waals surface area (Å²) < 4.78 is 4.68. The van der Waals surface area contributed by atoms with E-state index in [0.29, 0.717) is 5.57 Å². The molecule has 18 heavy (non-hydrogen) atoms. The molecule has 0 amide bonds. The standard InChI is InChI=1S/C12H19N3O3/c1-3-4-5-8-6-9(12(17)18-2)7-10(11(8)16)14-15-13/h6,8,10-11,16H,3-5,7H2,1-2H3/t8-,10?,11-/m1/s1. The first-order valence-electron chi connectivity index (χ1n) is 6.15. The molecule has 0 heterocycles. The highest BCUT2D eigenvalue weighted by molar-refractivity contribution is 5.88. The van der Waals surface area contributed by atoms with Gasteiger partial charge in [0.15, 0.2) is 0 Å². The van der Waals surface area contributed by atoms with E-state index < -0.39 is 18.1 Å². The lowest BCUT2D eigenvalue weighted by Gasteiger charge is -2.30. The number of unbranched alkanes of at least 4 members (excludes halogenated alkanes) is 1. The second kappa shape index (κ2) is 7.03. The van der Waals surface area contributed by atoms with E-state index in [9.17, 15) is 9.90 Å². The summed E-state index contributed by atoms with van der Waals surface area (Å²) in [6.45, 7) is 2.06. The molecule has 1 N–H and O–H groups in total. The third kappa shape index (κ3) is 3.48. The number of azide groups is 1. The van der Waals surface area contributed by atoms with Gasteiger partial charge in [0.25, 0.3) is 0 Å². The summed E-state index contributed by atoms with van der Waals surface area (Å²) in [7, 11) is 1.32. The molecule has 1 aliphatic carbocycles. The highest BCUT2D eigenvalue weighted by Gasteiger charge is 2.33. The summed E-state index contributed by atoms with van der Waals surface area (Å²) in [4.78, 5) is 14.3. The number of carbonyl (C=O) groups excluding carboxylic acids is 1. The Morgan fingerprint density at radius 2 is 2.44 bits per heavy atom. The molecule has 1 aliphatic rings. The van der Waals surface area contributed by atoms with Gasteiger partial charge >= 0.3 is 5.97 Å². The molecular weight excluding hydrogens is 234 g/mol. The van der Waals surface area contributed by atoms with Gasteiger partial charge in [0.1, 0.15) is 0 Å². The number of aliphatic hydroxyl groups is 1. The summed E-state index contributed by atoms with van der Waals surface area (Å²) in [5, 5.41) is 13.7. The molecule has 0 aliphatic heterocycles. The minimum absolute atomic E-state index is 0.150. The molecule has 1 rings (SSSR count). The Morgan fingerprint density at radius 3 is 3.00 bits per heavy atom. The van der Waals surface area contributed by atoms with Gasteiger partial charge in [0.2, 0.25) is 0 Å². The van der Waals surface area contributed by atoms with E-state index >= 15 is 0 Å². The lowest BCUT2D eigenvalue weighted by atomic mass is 9.82. The highest BCUT2D eigenvalue weighted by atomic mass is 16.5. The number of hydrogen-bond donors (Lipinski definition) is 1. The van der Waals surface area contributed by atoms with Crippen LogP contribution in [0.1, 0.15) is 32.6 Å². The quantitative estimate of drug-likeness (QED) is 0.352. The van der Waals surface area contributed by atoms with Crippen LogP contribution in [0.5, 0.6) is 0 Å². The van der Waals surface area contributed by atoms with Crippen LogP contribution in [0.2, 0.25) is 0 Å². The molecule has 1 unspecified atom stereocenters. The molecule has 0 fully saturated rings. The van der Waals surface area contributed by atoms with Crippen LogP contribution >= 0.6 is 0 Å². The van der Waals surface area contributed by atoms with E-state index in [1.807, 2.05) is 0 Å². The fourth-order valence-corrected chi connectivity index (χ4v) is 2.21. The van der Waals surface area contributed by atoms with Gasteiger partial charge in [-0.05, 0) is 18.4 Å². The first kappa shape index (κ1) is 14.5. The van der Waals surface area contributed by atoms with Crippen molar-refractivity contribution in [1.29, 1.82) is 0 Å². The molecule has 0 aromatic rings. The molecule has 3 atom stereocenters. The van der Waals surface area contributed by atoms with Gasteiger partial charge in [0, 0.05) is 16.4 Å². The molecule has 0 aromatic heterocycles. The third-order valence-corrected chi connectivity index (χ3v) is 3.22. The second-order valence-corrected chi connectivity index (χ2v) is 4.46. The molecule has 6 nitrogen and oxygen atoms in total. The average molecular weight is 253 g/mol. The summed E-state index contributed by atoms with van der Waals surface area (Å²) >= 11 is 0. The second-order valence-electron chi connectivity index (χ2n) is 4.46. The van der Waals surface area contributed by atoms with Gasteiger partial charge < -0.3 is 9.84 Å². The van der Waals surface area contributed by atoms with Crippen LogP contribution < -0.4 is 0 Å². The number of hydrogen-bond acceptors (Lipinski definition) is 4. The van der Waals surface area contributed by atoms with Crippen molar-refractivity contribution >= 4 is 5.97 Å². The number of methoxy groups -OCH3 is 1.